The first-order valence-corrected chi connectivity index (χ1v) is 5.26. The first kappa shape index (κ1) is 9.04. The molecule has 0 spiro atoms. The predicted octanol–water partition coefficient (Wildman–Crippen LogP) is 3.21. The smallest absolute Gasteiger partial charge is 0.0528 e. The zero-order valence-corrected chi connectivity index (χ0v) is 8.80. The largest absolute Gasteiger partial charge is 0.399 e. The summed E-state index contributed by atoms with van der Waals surface area (Å²) in [5, 5.41) is 1.24. The molecule has 16 heavy (non-hydrogen) atoms. The van der Waals surface area contributed by atoms with Gasteiger partial charge >= 0.3 is 0 Å². The van der Waals surface area contributed by atoms with Crippen LogP contribution < -0.4 is 5.73 Å². The van der Waals surface area contributed by atoms with E-state index in [1.165, 1.54) is 10.9 Å². The van der Waals surface area contributed by atoms with Crippen LogP contribution in [0.3, 0.4) is 0 Å². The third-order valence-electron chi connectivity index (χ3n) is 2.75. The van der Waals surface area contributed by atoms with E-state index in [9.17, 15) is 0 Å². The summed E-state index contributed by atoms with van der Waals surface area (Å²) in [7, 11) is 0. The molecule has 0 aliphatic rings. The number of nitrogens with two attached hydrogens (primary N) is 1. The fraction of sp³-hybridized carbons (Fsp3) is 0. The third-order valence-corrected chi connectivity index (χ3v) is 2.75. The monoisotopic (exact) mass is 208 g/mol. The second kappa shape index (κ2) is 3.42. The fourth-order valence-electron chi connectivity index (χ4n) is 1.98. The summed E-state index contributed by atoms with van der Waals surface area (Å²) >= 11 is 0. The molecular weight excluding hydrogens is 196 g/mol. The number of nitrogen functional groups attached to an aromatic ring is 1. The highest BCUT2D eigenvalue weighted by Crippen LogP contribution is 2.21. The molecule has 0 amide bonds. The van der Waals surface area contributed by atoms with E-state index in [-0.39, 0.29) is 0 Å². The Bertz CT molecular complexity index is 638. The molecule has 1 heterocycles. The van der Waals surface area contributed by atoms with Crippen molar-refractivity contribution < 1.29 is 0 Å². The molecule has 78 valence electrons. The Morgan fingerprint density at radius 2 is 1.75 bits per heavy atom. The van der Waals surface area contributed by atoms with E-state index < -0.39 is 0 Å². The molecule has 0 fully saturated rings. The van der Waals surface area contributed by atoms with Crippen molar-refractivity contribution in [1.82, 2.24) is 4.57 Å². The van der Waals surface area contributed by atoms with Crippen LogP contribution in [0.1, 0.15) is 0 Å². The first-order chi connectivity index (χ1) is 7.84. The lowest BCUT2D eigenvalue weighted by Gasteiger charge is -2.05. The SMILES string of the molecule is Nc1cccc(-n2ccc3ccccc32)c1. The Hall–Kier alpha value is -2.22. The molecule has 0 saturated carbocycles. The van der Waals surface area contributed by atoms with E-state index >= 15 is 0 Å². The molecule has 1 aromatic heterocycles. The molecule has 0 bridgehead atoms. The van der Waals surface area contributed by atoms with Crippen molar-refractivity contribution in [2.45, 2.75) is 0 Å². The summed E-state index contributed by atoms with van der Waals surface area (Å²) in [6, 6.07) is 18.3. The highest BCUT2D eigenvalue weighted by atomic mass is 15.0. The van der Waals surface area contributed by atoms with E-state index in [1.807, 2.05) is 30.3 Å². The van der Waals surface area contributed by atoms with Crippen LogP contribution in [-0.4, -0.2) is 4.57 Å². The number of hydrogen-bond donors (Lipinski definition) is 1. The number of hydrogen-bond acceptors (Lipinski definition) is 1. The minimum absolute atomic E-state index is 0.787. The Kier molecular flexibility index (Phi) is 1.93. The Morgan fingerprint density at radius 3 is 2.62 bits per heavy atom. The number of fused-ring (bicyclic) bond motifs is 1. The lowest BCUT2D eigenvalue weighted by atomic mass is 10.2. The average molecular weight is 208 g/mol. The molecule has 0 aliphatic carbocycles. The highest BCUT2D eigenvalue weighted by molar-refractivity contribution is 5.82. The molecule has 3 aromatic rings. The van der Waals surface area contributed by atoms with Gasteiger partial charge in [0, 0.05) is 17.6 Å². The van der Waals surface area contributed by atoms with Crippen LogP contribution in [0.2, 0.25) is 0 Å². The molecule has 0 radical (unpaired) electrons. The topological polar surface area (TPSA) is 30.9 Å². The van der Waals surface area contributed by atoms with Crippen LogP contribution >= 0.6 is 0 Å². The lowest BCUT2D eigenvalue weighted by Crippen LogP contribution is -1.93. The zero-order valence-electron chi connectivity index (χ0n) is 8.80. The fourth-order valence-corrected chi connectivity index (χ4v) is 1.98. The quantitative estimate of drug-likeness (QED) is 0.611. The van der Waals surface area contributed by atoms with Crippen molar-refractivity contribution in [1.29, 1.82) is 0 Å². The second-order valence-electron chi connectivity index (χ2n) is 3.84. The molecule has 0 atom stereocenters. The molecule has 2 aromatic carbocycles. The van der Waals surface area contributed by atoms with Gasteiger partial charge in [-0.05, 0) is 35.7 Å². The van der Waals surface area contributed by atoms with Gasteiger partial charge in [0.15, 0.2) is 0 Å². The van der Waals surface area contributed by atoms with E-state index in [4.69, 9.17) is 5.73 Å². The van der Waals surface area contributed by atoms with Crippen LogP contribution in [0.5, 0.6) is 0 Å². The zero-order chi connectivity index (χ0) is 11.0. The van der Waals surface area contributed by atoms with Gasteiger partial charge in [-0.2, -0.15) is 0 Å². The molecule has 0 aliphatic heterocycles. The number of nitrogens with zero attached hydrogens (tertiary/aromatic N) is 1. The van der Waals surface area contributed by atoms with Crippen molar-refractivity contribution in [3.05, 3.63) is 60.8 Å². The van der Waals surface area contributed by atoms with Gasteiger partial charge in [0.1, 0.15) is 0 Å². The van der Waals surface area contributed by atoms with Crippen molar-refractivity contribution in [2.75, 3.05) is 5.73 Å². The van der Waals surface area contributed by atoms with Gasteiger partial charge in [-0.25, -0.2) is 0 Å². The summed E-state index contributed by atoms with van der Waals surface area (Å²) in [6.45, 7) is 0. The molecule has 2 nitrogen and oxygen atoms in total. The average Bonchev–Trinajstić information content (AvgIpc) is 2.72. The predicted molar refractivity (Wildman–Crippen MR) is 67.7 cm³/mol. The van der Waals surface area contributed by atoms with Crippen LogP contribution in [0.25, 0.3) is 16.6 Å². The normalized spacial score (nSPS) is 10.8. The van der Waals surface area contributed by atoms with Gasteiger partial charge in [-0.3, -0.25) is 0 Å². The summed E-state index contributed by atoms with van der Waals surface area (Å²) in [5.41, 5.74) is 8.88. The van der Waals surface area contributed by atoms with Crippen LogP contribution in [0.4, 0.5) is 5.69 Å². The second-order valence-corrected chi connectivity index (χ2v) is 3.84. The van der Waals surface area contributed by atoms with Crippen LogP contribution in [0, 0.1) is 0 Å². The molecule has 2 N–H and O–H groups in total. The molecular formula is C14H12N2. The Balaban J connectivity index is 2.26. The van der Waals surface area contributed by atoms with Gasteiger partial charge in [0.2, 0.25) is 0 Å². The third kappa shape index (κ3) is 1.36. The molecule has 2 heteroatoms. The highest BCUT2D eigenvalue weighted by Gasteiger charge is 2.01. The van der Waals surface area contributed by atoms with E-state index in [2.05, 4.69) is 35.0 Å². The summed E-state index contributed by atoms with van der Waals surface area (Å²) in [4.78, 5) is 0. The summed E-state index contributed by atoms with van der Waals surface area (Å²) in [6.07, 6.45) is 2.07. The number of anilines is 1. The maximum Gasteiger partial charge on any atom is 0.0528 e. The lowest BCUT2D eigenvalue weighted by molar-refractivity contribution is 1.13. The van der Waals surface area contributed by atoms with Crippen molar-refractivity contribution >= 4 is 16.6 Å². The minimum Gasteiger partial charge on any atom is -0.399 e. The number of benzene rings is 2. The van der Waals surface area contributed by atoms with E-state index in [1.54, 1.807) is 0 Å². The summed E-state index contributed by atoms with van der Waals surface area (Å²) in [5.74, 6) is 0. The standard InChI is InChI=1S/C14H12N2/c15-12-5-3-6-13(10-12)16-9-8-11-4-1-2-7-14(11)16/h1-10H,15H2. The Morgan fingerprint density at radius 1 is 0.875 bits per heavy atom. The molecule has 3 rings (SSSR count). The maximum absolute atomic E-state index is 5.80. The van der Waals surface area contributed by atoms with Crippen molar-refractivity contribution in [3.8, 4) is 5.69 Å². The van der Waals surface area contributed by atoms with Gasteiger partial charge in [-0.15, -0.1) is 0 Å². The first-order valence-electron chi connectivity index (χ1n) is 5.26. The van der Waals surface area contributed by atoms with Crippen LogP contribution in [-0.2, 0) is 0 Å². The van der Waals surface area contributed by atoms with Gasteiger partial charge in [0.25, 0.3) is 0 Å². The molecule has 0 saturated heterocycles. The van der Waals surface area contributed by atoms with Crippen LogP contribution in [0.15, 0.2) is 60.8 Å². The van der Waals surface area contributed by atoms with Gasteiger partial charge in [0.05, 0.1) is 5.52 Å². The van der Waals surface area contributed by atoms with E-state index in [0.29, 0.717) is 0 Å². The van der Waals surface area contributed by atoms with Gasteiger partial charge in [-0.1, -0.05) is 24.3 Å². The number of aromatic nitrogens is 1. The minimum atomic E-state index is 0.787. The number of rotatable bonds is 1. The van der Waals surface area contributed by atoms with Crippen molar-refractivity contribution in [3.63, 3.8) is 0 Å². The maximum atomic E-state index is 5.80. The van der Waals surface area contributed by atoms with Gasteiger partial charge < -0.3 is 10.3 Å². The van der Waals surface area contributed by atoms with E-state index in [0.717, 1.165) is 11.4 Å². The molecule has 0 unspecified atom stereocenters. The number of para-hydroxylation sites is 1. The summed E-state index contributed by atoms with van der Waals surface area (Å²) < 4.78 is 2.14. The van der Waals surface area contributed by atoms with Crippen molar-refractivity contribution in [2.24, 2.45) is 0 Å². The Labute approximate surface area is 93.9 Å².